The largest absolute Gasteiger partial charge is 0.452 e. The molecule has 1 aliphatic heterocycles. The number of carbonyl (C=O) groups is 1. The third kappa shape index (κ3) is 4.56. The number of ether oxygens (including phenoxy) is 2. The molecule has 0 radical (unpaired) electrons. The SMILES string of the molecule is COC(=O)N1c2ccc3c(nc(Cc4cncc(OC(F)F)c4)n3C3CCCCC3)c2CC[C@@H]1C. The van der Waals surface area contributed by atoms with Gasteiger partial charge in [0, 0.05) is 30.3 Å². The molecule has 7 nitrogen and oxygen atoms in total. The van der Waals surface area contributed by atoms with Crippen molar-refractivity contribution in [2.24, 2.45) is 0 Å². The summed E-state index contributed by atoms with van der Waals surface area (Å²) in [5, 5.41) is 0. The molecule has 0 unspecified atom stereocenters. The number of benzene rings is 1. The summed E-state index contributed by atoms with van der Waals surface area (Å²) in [4.78, 5) is 23.5. The molecular weight excluding hydrogens is 454 g/mol. The fraction of sp³-hybridized carbons (Fsp3) is 0.500. The Bertz CT molecular complexity index is 1220. The zero-order valence-electron chi connectivity index (χ0n) is 20.0. The number of aromatic nitrogens is 3. The van der Waals surface area contributed by atoms with Crippen molar-refractivity contribution in [2.45, 2.75) is 77.0 Å². The van der Waals surface area contributed by atoms with E-state index in [4.69, 9.17) is 9.72 Å². The molecule has 186 valence electrons. The van der Waals surface area contributed by atoms with Crippen molar-refractivity contribution in [2.75, 3.05) is 12.0 Å². The molecule has 2 aliphatic rings. The summed E-state index contributed by atoms with van der Waals surface area (Å²) in [6, 6.07) is 6.03. The second-order valence-corrected chi connectivity index (χ2v) is 9.43. The zero-order valence-corrected chi connectivity index (χ0v) is 20.0. The minimum absolute atomic E-state index is 0.0379. The highest BCUT2D eigenvalue weighted by molar-refractivity contribution is 5.95. The smallest absolute Gasteiger partial charge is 0.414 e. The fourth-order valence-corrected chi connectivity index (χ4v) is 5.60. The van der Waals surface area contributed by atoms with E-state index in [0.29, 0.717) is 12.5 Å². The van der Waals surface area contributed by atoms with Crippen LogP contribution in [-0.4, -0.2) is 40.4 Å². The van der Waals surface area contributed by atoms with Crippen molar-refractivity contribution in [3.8, 4) is 5.75 Å². The molecular formula is C26H30F2N4O3. The summed E-state index contributed by atoms with van der Waals surface area (Å²) in [6.45, 7) is -0.872. The van der Waals surface area contributed by atoms with Gasteiger partial charge in [-0.15, -0.1) is 0 Å². The van der Waals surface area contributed by atoms with Crippen LogP contribution in [0.2, 0.25) is 0 Å². The summed E-state index contributed by atoms with van der Waals surface area (Å²) in [7, 11) is 1.40. The third-order valence-electron chi connectivity index (χ3n) is 7.20. The van der Waals surface area contributed by atoms with Crippen LogP contribution in [0, 0.1) is 0 Å². The summed E-state index contributed by atoms with van der Waals surface area (Å²) in [6.07, 6.45) is 10.4. The molecule has 3 heterocycles. The highest BCUT2D eigenvalue weighted by Crippen LogP contribution is 2.39. The van der Waals surface area contributed by atoms with Crippen molar-refractivity contribution in [3.05, 3.63) is 47.5 Å². The normalized spacial score (nSPS) is 18.7. The number of aryl methyl sites for hydroxylation is 1. The number of hydrogen-bond donors (Lipinski definition) is 0. The van der Waals surface area contributed by atoms with Crippen LogP contribution in [0.3, 0.4) is 0 Å². The van der Waals surface area contributed by atoms with Crippen molar-refractivity contribution in [1.29, 1.82) is 0 Å². The average molecular weight is 485 g/mol. The number of amides is 1. The Morgan fingerprint density at radius 3 is 2.71 bits per heavy atom. The number of rotatable bonds is 5. The van der Waals surface area contributed by atoms with E-state index in [2.05, 4.69) is 20.4 Å². The molecule has 9 heteroatoms. The number of methoxy groups -OCH3 is 1. The quantitative estimate of drug-likeness (QED) is 0.442. The Hall–Kier alpha value is -3.23. The summed E-state index contributed by atoms with van der Waals surface area (Å²) >= 11 is 0. The molecule has 35 heavy (non-hydrogen) atoms. The fourth-order valence-electron chi connectivity index (χ4n) is 5.60. The lowest BCUT2D eigenvalue weighted by molar-refractivity contribution is -0.0501. The number of alkyl halides is 2. The molecule has 3 aromatic rings. The lowest BCUT2D eigenvalue weighted by Gasteiger charge is -2.34. The second-order valence-electron chi connectivity index (χ2n) is 9.43. The lowest BCUT2D eigenvalue weighted by Crippen LogP contribution is -2.42. The standard InChI is InChI=1S/C26H30F2N4O3/c1-16-8-9-20-21(31(16)26(33)34-2)10-11-22-24(20)30-23(32(22)18-6-4-3-5-7-18)13-17-12-19(15-29-14-17)35-25(27)28/h10-12,14-16,18,25H,3-9,13H2,1-2H3/t16-/m0/s1. The predicted molar refractivity (Wildman–Crippen MR) is 128 cm³/mol. The minimum atomic E-state index is -2.90. The molecule has 1 aliphatic carbocycles. The topological polar surface area (TPSA) is 69.5 Å². The predicted octanol–water partition coefficient (Wildman–Crippen LogP) is 6.04. The summed E-state index contributed by atoms with van der Waals surface area (Å²) < 4.78 is 37.4. The van der Waals surface area contributed by atoms with Gasteiger partial charge in [0.1, 0.15) is 11.6 Å². The molecule has 0 N–H and O–H groups in total. The molecule has 0 bridgehead atoms. The molecule has 0 saturated heterocycles. The monoisotopic (exact) mass is 484 g/mol. The van der Waals surface area contributed by atoms with Crippen molar-refractivity contribution in [1.82, 2.24) is 14.5 Å². The van der Waals surface area contributed by atoms with Crippen LogP contribution in [0.25, 0.3) is 11.0 Å². The van der Waals surface area contributed by atoms with E-state index in [1.165, 1.54) is 32.6 Å². The molecule has 0 spiro atoms. The van der Waals surface area contributed by atoms with Crippen LogP contribution in [0.1, 0.15) is 68.4 Å². The Morgan fingerprint density at radius 1 is 1.17 bits per heavy atom. The average Bonchev–Trinajstić information content (AvgIpc) is 3.21. The van der Waals surface area contributed by atoms with E-state index in [0.717, 1.165) is 59.4 Å². The van der Waals surface area contributed by atoms with E-state index in [-0.39, 0.29) is 17.9 Å². The van der Waals surface area contributed by atoms with Gasteiger partial charge in [-0.2, -0.15) is 8.78 Å². The van der Waals surface area contributed by atoms with Crippen LogP contribution >= 0.6 is 0 Å². The number of anilines is 1. The van der Waals surface area contributed by atoms with Crippen LogP contribution in [0.4, 0.5) is 19.3 Å². The molecule has 1 aromatic carbocycles. The molecule has 1 amide bonds. The van der Waals surface area contributed by atoms with Gasteiger partial charge in [-0.1, -0.05) is 19.3 Å². The number of halogens is 2. The van der Waals surface area contributed by atoms with Crippen molar-refractivity contribution in [3.63, 3.8) is 0 Å². The maximum Gasteiger partial charge on any atom is 0.414 e. The van der Waals surface area contributed by atoms with E-state index in [1.807, 2.05) is 13.0 Å². The number of hydrogen-bond acceptors (Lipinski definition) is 5. The third-order valence-corrected chi connectivity index (χ3v) is 7.20. The van der Waals surface area contributed by atoms with Gasteiger partial charge < -0.3 is 14.0 Å². The Labute approximate surface area is 203 Å². The number of imidazole rings is 1. The highest BCUT2D eigenvalue weighted by atomic mass is 19.3. The van der Waals surface area contributed by atoms with Crippen LogP contribution in [0.5, 0.6) is 5.75 Å². The molecule has 5 rings (SSSR count). The number of carbonyl (C=O) groups excluding carboxylic acids is 1. The van der Waals surface area contributed by atoms with Crippen LogP contribution < -0.4 is 9.64 Å². The van der Waals surface area contributed by atoms with E-state index in [1.54, 1.807) is 17.2 Å². The van der Waals surface area contributed by atoms with Gasteiger partial charge in [0.25, 0.3) is 0 Å². The second kappa shape index (κ2) is 9.79. The van der Waals surface area contributed by atoms with E-state index >= 15 is 0 Å². The number of pyridine rings is 1. The van der Waals surface area contributed by atoms with Gasteiger partial charge in [-0.05, 0) is 56.4 Å². The highest BCUT2D eigenvalue weighted by Gasteiger charge is 2.32. The first-order chi connectivity index (χ1) is 17.0. The van der Waals surface area contributed by atoms with Crippen molar-refractivity contribution >= 4 is 22.8 Å². The van der Waals surface area contributed by atoms with Crippen molar-refractivity contribution < 1.29 is 23.0 Å². The number of nitrogens with zero attached hydrogens (tertiary/aromatic N) is 4. The van der Waals surface area contributed by atoms with Gasteiger partial charge in [0.05, 0.1) is 30.0 Å². The minimum Gasteiger partial charge on any atom is -0.452 e. The summed E-state index contributed by atoms with van der Waals surface area (Å²) in [5.41, 5.74) is 4.61. The molecule has 1 atom stereocenters. The molecule has 1 saturated carbocycles. The Balaban J connectivity index is 1.61. The molecule has 1 fully saturated rings. The zero-order chi connectivity index (χ0) is 24.5. The van der Waals surface area contributed by atoms with Crippen LogP contribution in [0.15, 0.2) is 30.6 Å². The van der Waals surface area contributed by atoms with E-state index in [9.17, 15) is 13.6 Å². The Kier molecular flexibility index (Phi) is 6.58. The summed E-state index contributed by atoms with van der Waals surface area (Å²) in [5.74, 6) is 0.914. The maximum absolute atomic E-state index is 12.7. The lowest BCUT2D eigenvalue weighted by atomic mass is 9.94. The van der Waals surface area contributed by atoms with Gasteiger partial charge in [-0.3, -0.25) is 9.88 Å². The maximum atomic E-state index is 12.7. The van der Waals surface area contributed by atoms with Gasteiger partial charge in [0.2, 0.25) is 0 Å². The van der Waals surface area contributed by atoms with Crippen LogP contribution in [-0.2, 0) is 17.6 Å². The molecule has 2 aromatic heterocycles. The Morgan fingerprint density at radius 2 is 1.97 bits per heavy atom. The van der Waals surface area contributed by atoms with Gasteiger partial charge in [0.15, 0.2) is 0 Å². The first-order valence-electron chi connectivity index (χ1n) is 12.2. The van der Waals surface area contributed by atoms with Gasteiger partial charge in [-0.25, -0.2) is 9.78 Å². The van der Waals surface area contributed by atoms with E-state index < -0.39 is 6.61 Å². The van der Waals surface area contributed by atoms with Gasteiger partial charge >= 0.3 is 12.7 Å². The first-order valence-corrected chi connectivity index (χ1v) is 12.2. The first kappa shape index (κ1) is 23.5. The number of fused-ring (bicyclic) bond motifs is 3.